The molecule has 1 aliphatic rings. The van der Waals surface area contributed by atoms with Gasteiger partial charge in [-0.15, -0.1) is 0 Å². The molecule has 5 nitrogen and oxygen atoms in total. The third kappa shape index (κ3) is 3.45. The van der Waals surface area contributed by atoms with Gasteiger partial charge in [0.05, 0.1) is 5.57 Å². The molecular formula is C23H18FNO4. The van der Waals surface area contributed by atoms with Crippen molar-refractivity contribution in [2.75, 3.05) is 0 Å². The molecule has 1 unspecified atom stereocenters. The first-order valence-electron chi connectivity index (χ1n) is 9.10. The molecule has 146 valence electrons. The van der Waals surface area contributed by atoms with Gasteiger partial charge >= 0.3 is 0 Å². The fraction of sp³-hybridized carbons (Fsp3) is 0.130. The number of hydrogen-bond acceptors (Lipinski definition) is 4. The number of aryl methyl sites for hydroxylation is 1. The fourth-order valence-corrected chi connectivity index (χ4v) is 3.48. The number of carbonyl (C=O) groups excluding carboxylic acids is 2. The molecule has 1 N–H and O–H groups in total. The molecule has 0 saturated carbocycles. The summed E-state index contributed by atoms with van der Waals surface area (Å²) in [5, 5.41) is 10.8. The summed E-state index contributed by atoms with van der Waals surface area (Å²) >= 11 is 0. The molecule has 1 saturated heterocycles. The zero-order valence-corrected chi connectivity index (χ0v) is 15.6. The normalized spacial score (nSPS) is 18.4. The first kappa shape index (κ1) is 18.7. The van der Waals surface area contributed by atoms with Gasteiger partial charge in [-0.3, -0.25) is 9.59 Å². The van der Waals surface area contributed by atoms with E-state index in [-0.39, 0.29) is 23.4 Å². The molecule has 1 aliphatic heterocycles. The molecular weight excluding hydrogens is 373 g/mol. The highest BCUT2D eigenvalue weighted by molar-refractivity contribution is 6.46. The van der Waals surface area contributed by atoms with Crippen LogP contribution in [-0.4, -0.2) is 21.7 Å². The molecule has 6 heteroatoms. The monoisotopic (exact) mass is 391 g/mol. The molecule has 3 aromatic rings. The lowest BCUT2D eigenvalue weighted by atomic mass is 9.99. The minimum atomic E-state index is -0.881. The molecule has 4 rings (SSSR count). The number of aliphatic hydroxyl groups excluding tert-OH is 1. The van der Waals surface area contributed by atoms with Crippen molar-refractivity contribution >= 4 is 17.4 Å². The maximum absolute atomic E-state index is 13.3. The molecule has 1 atom stereocenters. The maximum atomic E-state index is 13.3. The van der Waals surface area contributed by atoms with E-state index in [1.165, 1.54) is 29.2 Å². The predicted octanol–water partition coefficient (Wildman–Crippen LogP) is 4.35. The number of benzene rings is 2. The highest BCUT2D eigenvalue weighted by Crippen LogP contribution is 2.40. The second kappa shape index (κ2) is 7.39. The van der Waals surface area contributed by atoms with Gasteiger partial charge in [-0.05, 0) is 48.9 Å². The Labute approximate surface area is 166 Å². The van der Waals surface area contributed by atoms with Crippen molar-refractivity contribution in [3.8, 4) is 0 Å². The Morgan fingerprint density at radius 1 is 1.03 bits per heavy atom. The highest BCUT2D eigenvalue weighted by atomic mass is 19.1. The molecule has 1 aromatic heterocycles. The molecule has 1 amide bonds. The van der Waals surface area contributed by atoms with E-state index in [0.29, 0.717) is 11.5 Å². The van der Waals surface area contributed by atoms with E-state index in [1.807, 2.05) is 30.3 Å². The van der Waals surface area contributed by atoms with E-state index >= 15 is 0 Å². The lowest BCUT2D eigenvalue weighted by Crippen LogP contribution is -2.29. The summed E-state index contributed by atoms with van der Waals surface area (Å²) in [6.45, 7) is 1.93. The zero-order chi connectivity index (χ0) is 20.5. The van der Waals surface area contributed by atoms with Gasteiger partial charge < -0.3 is 14.4 Å². The van der Waals surface area contributed by atoms with Gasteiger partial charge in [-0.1, -0.05) is 30.3 Å². The Morgan fingerprint density at radius 2 is 1.72 bits per heavy atom. The summed E-state index contributed by atoms with van der Waals surface area (Å²) in [6.07, 6.45) is 0. The third-order valence-electron chi connectivity index (χ3n) is 4.88. The van der Waals surface area contributed by atoms with Gasteiger partial charge in [0.15, 0.2) is 0 Å². The van der Waals surface area contributed by atoms with Gasteiger partial charge in [-0.25, -0.2) is 4.39 Å². The summed E-state index contributed by atoms with van der Waals surface area (Å²) in [7, 11) is 0. The smallest absolute Gasteiger partial charge is 0.296 e. The van der Waals surface area contributed by atoms with Gasteiger partial charge in [0.2, 0.25) is 0 Å². The van der Waals surface area contributed by atoms with Crippen molar-refractivity contribution in [1.29, 1.82) is 0 Å². The average Bonchev–Trinajstić information content (AvgIpc) is 3.25. The minimum Gasteiger partial charge on any atom is -0.507 e. The van der Waals surface area contributed by atoms with Crippen molar-refractivity contribution in [3.05, 3.63) is 101 Å². The van der Waals surface area contributed by atoms with Crippen molar-refractivity contribution < 1.29 is 23.5 Å². The van der Waals surface area contributed by atoms with Crippen LogP contribution < -0.4 is 0 Å². The summed E-state index contributed by atoms with van der Waals surface area (Å²) < 4.78 is 19.0. The first-order chi connectivity index (χ1) is 14.0. The largest absolute Gasteiger partial charge is 0.507 e. The van der Waals surface area contributed by atoms with Crippen LogP contribution in [0.1, 0.15) is 28.7 Å². The van der Waals surface area contributed by atoms with Crippen LogP contribution in [0, 0.1) is 12.7 Å². The van der Waals surface area contributed by atoms with E-state index in [4.69, 9.17) is 4.42 Å². The van der Waals surface area contributed by atoms with Crippen molar-refractivity contribution in [1.82, 2.24) is 4.90 Å². The molecule has 0 spiro atoms. The number of nitrogens with zero attached hydrogens (tertiary/aromatic N) is 1. The number of amides is 1. The summed E-state index contributed by atoms with van der Waals surface area (Å²) in [5.41, 5.74) is 1.01. The molecule has 0 aliphatic carbocycles. The molecule has 1 fully saturated rings. The second-order valence-corrected chi connectivity index (χ2v) is 6.87. The topological polar surface area (TPSA) is 70.8 Å². The number of aliphatic hydroxyl groups is 1. The van der Waals surface area contributed by atoms with E-state index < -0.39 is 23.5 Å². The number of likely N-dealkylation sites (tertiary alicyclic amines) is 1. The second-order valence-electron chi connectivity index (χ2n) is 6.87. The number of halogens is 1. The summed E-state index contributed by atoms with van der Waals surface area (Å²) in [6, 6.07) is 16.9. The van der Waals surface area contributed by atoms with Crippen LogP contribution in [0.15, 0.2) is 76.7 Å². The van der Waals surface area contributed by atoms with Crippen LogP contribution in [0.2, 0.25) is 0 Å². The Bertz CT molecular complexity index is 1100. The Kier molecular flexibility index (Phi) is 4.76. The lowest BCUT2D eigenvalue weighted by Gasteiger charge is -2.23. The summed E-state index contributed by atoms with van der Waals surface area (Å²) in [5.74, 6) is -1.37. The van der Waals surface area contributed by atoms with E-state index in [0.717, 1.165) is 5.56 Å². The predicted molar refractivity (Wildman–Crippen MR) is 104 cm³/mol. The number of rotatable bonds is 4. The van der Waals surface area contributed by atoms with Gasteiger partial charge in [0.1, 0.15) is 29.1 Å². The first-order valence-corrected chi connectivity index (χ1v) is 9.10. The number of Topliss-reactive ketones (excluding diaryl/α,β-unsaturated/α-hetero) is 1. The van der Waals surface area contributed by atoms with Crippen molar-refractivity contribution in [3.63, 3.8) is 0 Å². The van der Waals surface area contributed by atoms with Crippen molar-refractivity contribution in [2.24, 2.45) is 0 Å². The van der Waals surface area contributed by atoms with Crippen LogP contribution >= 0.6 is 0 Å². The standard InChI is InChI=1S/C23H18FNO4/c1-14-7-12-18(29-14)20-19(21(26)16-8-10-17(24)11-9-16)22(27)23(28)25(20)13-15-5-3-2-4-6-15/h2-12,20,26H,13H2,1H3. The Morgan fingerprint density at radius 3 is 2.34 bits per heavy atom. The number of furan rings is 1. The lowest BCUT2D eigenvalue weighted by molar-refractivity contribution is -0.140. The fourth-order valence-electron chi connectivity index (χ4n) is 3.48. The highest BCUT2D eigenvalue weighted by Gasteiger charge is 2.47. The van der Waals surface area contributed by atoms with Gasteiger partial charge in [0.25, 0.3) is 11.7 Å². The zero-order valence-electron chi connectivity index (χ0n) is 15.6. The number of hydrogen-bond donors (Lipinski definition) is 1. The Hall–Kier alpha value is -3.67. The van der Waals surface area contributed by atoms with E-state index in [9.17, 15) is 19.1 Å². The molecule has 0 radical (unpaired) electrons. The molecule has 2 aromatic carbocycles. The molecule has 29 heavy (non-hydrogen) atoms. The molecule has 2 heterocycles. The maximum Gasteiger partial charge on any atom is 0.296 e. The van der Waals surface area contributed by atoms with Crippen LogP contribution in [0.25, 0.3) is 5.76 Å². The molecule has 0 bridgehead atoms. The average molecular weight is 391 g/mol. The van der Waals surface area contributed by atoms with E-state index in [1.54, 1.807) is 19.1 Å². The quantitative estimate of drug-likeness (QED) is 0.408. The van der Waals surface area contributed by atoms with Crippen LogP contribution in [0.3, 0.4) is 0 Å². The van der Waals surface area contributed by atoms with Crippen LogP contribution in [-0.2, 0) is 16.1 Å². The van der Waals surface area contributed by atoms with Crippen LogP contribution in [0.4, 0.5) is 4.39 Å². The third-order valence-corrected chi connectivity index (χ3v) is 4.88. The number of ketones is 1. The number of carbonyl (C=O) groups is 2. The van der Waals surface area contributed by atoms with Crippen molar-refractivity contribution in [2.45, 2.75) is 19.5 Å². The van der Waals surface area contributed by atoms with E-state index in [2.05, 4.69) is 0 Å². The SMILES string of the molecule is Cc1ccc(C2C(=C(O)c3ccc(F)cc3)C(=O)C(=O)N2Cc2ccccc2)o1. The van der Waals surface area contributed by atoms with Gasteiger partial charge in [0, 0.05) is 12.1 Å². The Balaban J connectivity index is 1.84. The summed E-state index contributed by atoms with van der Waals surface area (Å²) in [4.78, 5) is 27.1. The van der Waals surface area contributed by atoms with Gasteiger partial charge in [-0.2, -0.15) is 0 Å². The van der Waals surface area contributed by atoms with Crippen LogP contribution in [0.5, 0.6) is 0 Å². The minimum absolute atomic E-state index is 0.0770.